The third kappa shape index (κ3) is 1.96. The van der Waals surface area contributed by atoms with Gasteiger partial charge < -0.3 is 15.5 Å². The summed E-state index contributed by atoms with van der Waals surface area (Å²) in [7, 11) is 0. The summed E-state index contributed by atoms with van der Waals surface area (Å²) in [6, 6.07) is 0. The summed E-state index contributed by atoms with van der Waals surface area (Å²) in [4.78, 5) is 4.68. The van der Waals surface area contributed by atoms with Gasteiger partial charge >= 0.3 is 0 Å². The second-order valence-corrected chi connectivity index (χ2v) is 4.33. The van der Waals surface area contributed by atoms with Crippen molar-refractivity contribution >= 4 is 21.6 Å². The molecule has 1 fully saturated rings. The largest absolute Gasteiger partial charge is 0.374 e. The molecule has 0 spiro atoms. The first-order valence-corrected chi connectivity index (χ1v) is 5.67. The van der Waals surface area contributed by atoms with Gasteiger partial charge in [-0.15, -0.1) is 10.2 Å². The minimum absolute atomic E-state index is 0.554. The Morgan fingerprint density at radius 2 is 2.00 bits per heavy atom. The van der Waals surface area contributed by atoms with Crippen LogP contribution in [0.5, 0.6) is 0 Å². The minimum Gasteiger partial charge on any atom is -0.374 e. The maximum absolute atomic E-state index is 5.55. The molecule has 0 bridgehead atoms. The molecular formula is C8H15N5S. The molecule has 0 radical (unpaired) electrons. The highest BCUT2D eigenvalue weighted by atomic mass is 32.1. The molecule has 1 aromatic rings. The van der Waals surface area contributed by atoms with E-state index in [1.54, 1.807) is 0 Å². The molecule has 14 heavy (non-hydrogen) atoms. The molecule has 0 unspecified atom stereocenters. The zero-order valence-corrected chi connectivity index (χ0v) is 9.13. The Morgan fingerprint density at radius 3 is 2.50 bits per heavy atom. The van der Waals surface area contributed by atoms with Crippen molar-refractivity contribution in [2.75, 3.05) is 43.4 Å². The molecule has 1 aliphatic heterocycles. The summed E-state index contributed by atoms with van der Waals surface area (Å²) in [5.74, 6) is 0. The van der Waals surface area contributed by atoms with Gasteiger partial charge in [0.05, 0.1) is 0 Å². The fourth-order valence-corrected chi connectivity index (χ4v) is 2.27. The van der Waals surface area contributed by atoms with Crippen LogP contribution >= 0.6 is 11.3 Å². The fraction of sp³-hybridized carbons (Fsp3) is 0.750. The van der Waals surface area contributed by atoms with E-state index in [9.17, 15) is 0 Å². The third-order valence-corrected chi connectivity index (χ3v) is 3.33. The monoisotopic (exact) mass is 213 g/mol. The van der Waals surface area contributed by atoms with E-state index in [4.69, 9.17) is 5.73 Å². The van der Waals surface area contributed by atoms with Crippen molar-refractivity contribution in [3.63, 3.8) is 0 Å². The Morgan fingerprint density at radius 1 is 1.29 bits per heavy atom. The first-order chi connectivity index (χ1) is 6.79. The Kier molecular flexibility index (Phi) is 2.83. The average Bonchev–Trinajstić information content (AvgIpc) is 2.65. The number of nitrogens with zero attached hydrogens (tertiary/aromatic N) is 4. The summed E-state index contributed by atoms with van der Waals surface area (Å²) in [5.41, 5.74) is 5.55. The van der Waals surface area contributed by atoms with Crippen molar-refractivity contribution < 1.29 is 0 Å². The van der Waals surface area contributed by atoms with Crippen LogP contribution in [0.3, 0.4) is 0 Å². The van der Waals surface area contributed by atoms with Gasteiger partial charge in [-0.05, 0) is 6.54 Å². The van der Waals surface area contributed by atoms with Crippen LogP contribution in [0.25, 0.3) is 0 Å². The van der Waals surface area contributed by atoms with Crippen LogP contribution in [0.1, 0.15) is 6.92 Å². The van der Waals surface area contributed by atoms with Gasteiger partial charge in [0.1, 0.15) is 0 Å². The van der Waals surface area contributed by atoms with Crippen LogP contribution in [0.4, 0.5) is 10.3 Å². The summed E-state index contributed by atoms with van der Waals surface area (Å²) < 4.78 is 0. The lowest BCUT2D eigenvalue weighted by atomic mass is 10.3. The molecule has 0 aliphatic carbocycles. The second-order valence-electron chi connectivity index (χ2n) is 3.34. The number of hydrogen-bond donors (Lipinski definition) is 1. The second kappa shape index (κ2) is 4.10. The van der Waals surface area contributed by atoms with E-state index >= 15 is 0 Å². The van der Waals surface area contributed by atoms with E-state index < -0.39 is 0 Å². The molecule has 0 atom stereocenters. The Balaban J connectivity index is 1.95. The van der Waals surface area contributed by atoms with E-state index in [0.29, 0.717) is 5.13 Å². The van der Waals surface area contributed by atoms with Crippen molar-refractivity contribution in [1.82, 2.24) is 15.1 Å². The number of hydrogen-bond acceptors (Lipinski definition) is 6. The van der Waals surface area contributed by atoms with Gasteiger partial charge in [-0.1, -0.05) is 18.3 Å². The van der Waals surface area contributed by atoms with Crippen LogP contribution in [0.15, 0.2) is 0 Å². The van der Waals surface area contributed by atoms with Gasteiger partial charge in [0.25, 0.3) is 0 Å². The maximum Gasteiger partial charge on any atom is 0.210 e. The lowest BCUT2D eigenvalue weighted by Crippen LogP contribution is -2.46. The van der Waals surface area contributed by atoms with Gasteiger partial charge in [-0.2, -0.15) is 0 Å². The molecule has 5 nitrogen and oxygen atoms in total. The van der Waals surface area contributed by atoms with Gasteiger partial charge in [0.2, 0.25) is 10.3 Å². The zero-order valence-electron chi connectivity index (χ0n) is 8.31. The van der Waals surface area contributed by atoms with Gasteiger partial charge in [0, 0.05) is 26.2 Å². The first-order valence-electron chi connectivity index (χ1n) is 4.86. The molecule has 78 valence electrons. The molecule has 6 heteroatoms. The number of piperazine rings is 1. The molecule has 1 aromatic heterocycles. The highest BCUT2D eigenvalue weighted by Crippen LogP contribution is 2.22. The smallest absolute Gasteiger partial charge is 0.210 e. The van der Waals surface area contributed by atoms with E-state index in [2.05, 4.69) is 26.9 Å². The van der Waals surface area contributed by atoms with Crippen molar-refractivity contribution in [3.8, 4) is 0 Å². The van der Waals surface area contributed by atoms with Crippen LogP contribution in [0.2, 0.25) is 0 Å². The van der Waals surface area contributed by atoms with Gasteiger partial charge in [-0.25, -0.2) is 0 Å². The zero-order chi connectivity index (χ0) is 9.97. The topological polar surface area (TPSA) is 58.3 Å². The lowest BCUT2D eigenvalue weighted by molar-refractivity contribution is 0.271. The molecule has 1 saturated heterocycles. The standard InChI is InChI=1S/C8H15N5S/c1-2-12-3-5-13(6-4-12)8-11-10-7(9)14-8/h2-6H2,1H3,(H2,9,10). The van der Waals surface area contributed by atoms with Gasteiger partial charge in [-0.3, -0.25) is 0 Å². The molecule has 0 amide bonds. The molecule has 2 heterocycles. The number of nitrogen functional groups attached to an aromatic ring is 1. The Labute approximate surface area is 87.5 Å². The predicted octanol–water partition coefficient (Wildman–Crippen LogP) is 0.262. The van der Waals surface area contributed by atoms with Crippen molar-refractivity contribution in [3.05, 3.63) is 0 Å². The summed E-state index contributed by atoms with van der Waals surface area (Å²) >= 11 is 1.47. The number of rotatable bonds is 2. The first kappa shape index (κ1) is 9.67. The Hall–Kier alpha value is -0.880. The lowest BCUT2D eigenvalue weighted by Gasteiger charge is -2.33. The van der Waals surface area contributed by atoms with E-state index in [1.807, 2.05) is 0 Å². The van der Waals surface area contributed by atoms with E-state index in [-0.39, 0.29) is 0 Å². The SMILES string of the molecule is CCN1CCN(c2nnc(N)s2)CC1. The van der Waals surface area contributed by atoms with Crippen LogP contribution in [0, 0.1) is 0 Å². The van der Waals surface area contributed by atoms with E-state index in [1.165, 1.54) is 11.3 Å². The summed E-state index contributed by atoms with van der Waals surface area (Å²) in [6.45, 7) is 7.60. The van der Waals surface area contributed by atoms with Crippen molar-refractivity contribution in [2.45, 2.75) is 6.92 Å². The average molecular weight is 213 g/mol. The van der Waals surface area contributed by atoms with Gasteiger partial charge in [0.15, 0.2) is 0 Å². The third-order valence-electron chi connectivity index (χ3n) is 2.52. The fourth-order valence-electron chi connectivity index (χ4n) is 1.61. The molecule has 0 aromatic carbocycles. The highest BCUT2D eigenvalue weighted by molar-refractivity contribution is 7.18. The molecule has 2 rings (SSSR count). The number of likely N-dealkylation sites (N-methyl/N-ethyl adjacent to an activating group) is 1. The maximum atomic E-state index is 5.55. The van der Waals surface area contributed by atoms with Crippen molar-refractivity contribution in [2.24, 2.45) is 0 Å². The van der Waals surface area contributed by atoms with Crippen LogP contribution in [-0.4, -0.2) is 47.8 Å². The Bertz CT molecular complexity index is 292. The number of anilines is 2. The van der Waals surface area contributed by atoms with Crippen LogP contribution in [-0.2, 0) is 0 Å². The minimum atomic E-state index is 0.554. The molecule has 0 saturated carbocycles. The highest BCUT2D eigenvalue weighted by Gasteiger charge is 2.18. The quantitative estimate of drug-likeness (QED) is 0.764. The predicted molar refractivity (Wildman–Crippen MR) is 58.6 cm³/mol. The van der Waals surface area contributed by atoms with Crippen molar-refractivity contribution in [1.29, 1.82) is 0 Å². The molecular weight excluding hydrogens is 198 g/mol. The number of aromatic nitrogens is 2. The summed E-state index contributed by atoms with van der Waals surface area (Å²) in [6.07, 6.45) is 0. The molecule has 1 aliphatic rings. The van der Waals surface area contributed by atoms with Crippen LogP contribution < -0.4 is 10.6 Å². The molecule has 2 N–H and O–H groups in total. The summed E-state index contributed by atoms with van der Waals surface area (Å²) in [5, 5.41) is 9.37. The normalized spacial score (nSPS) is 18.8. The number of nitrogens with two attached hydrogens (primary N) is 1. The van der Waals surface area contributed by atoms with E-state index in [0.717, 1.165) is 37.9 Å².